The zero-order valence-electron chi connectivity index (χ0n) is 18.1. The third-order valence-corrected chi connectivity index (χ3v) is 5.92. The lowest BCUT2D eigenvalue weighted by Crippen LogP contribution is -2.24. The highest BCUT2D eigenvalue weighted by Gasteiger charge is 2.27. The molecule has 162 valence electrons. The minimum atomic E-state index is -0.173. The Bertz CT molecular complexity index is 1220. The molecule has 0 saturated carbocycles. The van der Waals surface area contributed by atoms with Crippen molar-refractivity contribution in [3.05, 3.63) is 83.8 Å². The molecule has 1 aromatic carbocycles. The van der Waals surface area contributed by atoms with Crippen LogP contribution in [0.3, 0.4) is 0 Å². The van der Waals surface area contributed by atoms with Crippen molar-refractivity contribution in [2.75, 3.05) is 16.8 Å². The van der Waals surface area contributed by atoms with Gasteiger partial charge < -0.3 is 10.2 Å². The topological polar surface area (TPSA) is 75.4 Å². The number of nitrogens with zero attached hydrogens (tertiary/aromatic N) is 5. The maximum atomic E-state index is 12.6. The first-order chi connectivity index (χ1) is 15.7. The van der Waals surface area contributed by atoms with E-state index >= 15 is 0 Å². The van der Waals surface area contributed by atoms with E-state index in [1.807, 2.05) is 48.7 Å². The number of aryl methyl sites for hydroxylation is 1. The van der Waals surface area contributed by atoms with Crippen molar-refractivity contribution in [1.82, 2.24) is 19.6 Å². The minimum absolute atomic E-state index is 0.173. The molecule has 1 atom stereocenters. The number of hydrogen-bond acceptors (Lipinski definition) is 5. The minimum Gasteiger partial charge on any atom is -0.348 e. The van der Waals surface area contributed by atoms with Crippen molar-refractivity contribution in [1.29, 1.82) is 0 Å². The quantitative estimate of drug-likeness (QED) is 0.485. The molecule has 1 aliphatic rings. The number of aromatic nitrogens is 4. The number of imidazole rings is 1. The summed E-state index contributed by atoms with van der Waals surface area (Å²) in [7, 11) is 0. The van der Waals surface area contributed by atoms with Crippen LogP contribution in [-0.4, -0.2) is 32.0 Å². The van der Waals surface area contributed by atoms with E-state index in [4.69, 9.17) is 5.10 Å². The highest BCUT2D eigenvalue weighted by atomic mass is 16.1. The lowest BCUT2D eigenvalue weighted by atomic mass is 10.1. The first-order valence-corrected chi connectivity index (χ1v) is 11.1. The number of nitrogens with one attached hydrogen (secondary N) is 1. The van der Waals surface area contributed by atoms with Gasteiger partial charge in [-0.3, -0.25) is 9.78 Å². The van der Waals surface area contributed by atoms with E-state index < -0.39 is 0 Å². The van der Waals surface area contributed by atoms with Crippen molar-refractivity contribution in [3.63, 3.8) is 0 Å². The molecule has 1 fully saturated rings. The van der Waals surface area contributed by atoms with E-state index in [0.717, 1.165) is 38.0 Å². The summed E-state index contributed by atoms with van der Waals surface area (Å²) in [5.74, 6) is 1.21. The smallest absolute Gasteiger partial charge is 0.256 e. The van der Waals surface area contributed by atoms with E-state index in [-0.39, 0.29) is 11.9 Å². The molecule has 4 heterocycles. The van der Waals surface area contributed by atoms with Crippen LogP contribution in [0.2, 0.25) is 0 Å². The van der Waals surface area contributed by atoms with Gasteiger partial charge in [0.25, 0.3) is 5.91 Å². The van der Waals surface area contributed by atoms with Crippen LogP contribution in [-0.2, 0) is 6.42 Å². The Labute approximate surface area is 187 Å². The fourth-order valence-corrected chi connectivity index (χ4v) is 4.35. The van der Waals surface area contributed by atoms with Crippen LogP contribution in [0.1, 0.15) is 53.7 Å². The van der Waals surface area contributed by atoms with Crippen LogP contribution in [0, 0.1) is 0 Å². The molecule has 1 saturated heterocycles. The Morgan fingerprint density at radius 1 is 1.16 bits per heavy atom. The molecule has 0 spiro atoms. The molecule has 1 aliphatic heterocycles. The number of anilines is 2. The van der Waals surface area contributed by atoms with Crippen molar-refractivity contribution in [3.8, 4) is 0 Å². The second-order valence-corrected chi connectivity index (χ2v) is 8.16. The van der Waals surface area contributed by atoms with Crippen LogP contribution in [0.4, 0.5) is 11.6 Å². The Kier molecular flexibility index (Phi) is 5.54. The molecule has 5 rings (SSSR count). The third kappa shape index (κ3) is 4.06. The lowest BCUT2D eigenvalue weighted by molar-refractivity contribution is 0.102. The predicted octanol–water partition coefficient (Wildman–Crippen LogP) is 4.67. The van der Waals surface area contributed by atoms with E-state index in [1.165, 1.54) is 11.1 Å². The Morgan fingerprint density at radius 3 is 2.81 bits per heavy atom. The van der Waals surface area contributed by atoms with Crippen LogP contribution < -0.4 is 10.2 Å². The zero-order chi connectivity index (χ0) is 21.9. The maximum absolute atomic E-state index is 12.6. The predicted molar refractivity (Wildman–Crippen MR) is 125 cm³/mol. The average Bonchev–Trinajstić information content (AvgIpc) is 3.46. The molecule has 7 heteroatoms. The summed E-state index contributed by atoms with van der Waals surface area (Å²) in [5, 5.41) is 7.66. The summed E-state index contributed by atoms with van der Waals surface area (Å²) < 4.78 is 1.73. The van der Waals surface area contributed by atoms with Gasteiger partial charge in [0, 0.05) is 24.5 Å². The SMILES string of the molecule is CCCc1ccc(C(=O)Nc2cn3nc(N4CCCC4c4cccnc4)ccc3n2)cc1. The Balaban J connectivity index is 1.34. The first kappa shape index (κ1) is 20.2. The summed E-state index contributed by atoms with van der Waals surface area (Å²) >= 11 is 0. The first-order valence-electron chi connectivity index (χ1n) is 11.1. The van der Waals surface area contributed by atoms with Gasteiger partial charge in [-0.25, -0.2) is 9.50 Å². The van der Waals surface area contributed by atoms with Gasteiger partial charge in [0.05, 0.1) is 12.2 Å². The molecule has 0 radical (unpaired) electrons. The van der Waals surface area contributed by atoms with Crippen LogP contribution in [0.5, 0.6) is 0 Å². The maximum Gasteiger partial charge on any atom is 0.256 e. The normalized spacial score (nSPS) is 15.9. The van der Waals surface area contributed by atoms with Crippen molar-refractivity contribution < 1.29 is 4.79 Å². The van der Waals surface area contributed by atoms with Crippen LogP contribution in [0.15, 0.2) is 67.1 Å². The van der Waals surface area contributed by atoms with Gasteiger partial charge >= 0.3 is 0 Å². The van der Waals surface area contributed by atoms with E-state index in [2.05, 4.69) is 33.2 Å². The van der Waals surface area contributed by atoms with Crippen molar-refractivity contribution in [2.24, 2.45) is 0 Å². The molecule has 1 amide bonds. The van der Waals surface area contributed by atoms with Gasteiger partial charge in [-0.2, -0.15) is 0 Å². The van der Waals surface area contributed by atoms with Gasteiger partial charge in [0.1, 0.15) is 5.82 Å². The third-order valence-electron chi connectivity index (χ3n) is 5.92. The molecule has 3 aromatic heterocycles. The number of pyridine rings is 1. The molecular weight excluding hydrogens is 400 g/mol. The number of hydrogen-bond donors (Lipinski definition) is 1. The fourth-order valence-electron chi connectivity index (χ4n) is 4.35. The number of carbonyl (C=O) groups excluding carboxylic acids is 1. The standard InChI is InChI=1S/C25H26N6O/c1-2-5-18-8-10-19(11-9-18)25(32)28-22-17-31-23(27-22)12-13-24(29-31)30-15-4-7-21(30)20-6-3-14-26-16-20/h3,6,8-14,16-17,21H,2,4-5,7,15H2,1H3,(H,28,32). The number of benzene rings is 1. The molecular formula is C25H26N6O. The second-order valence-electron chi connectivity index (χ2n) is 8.16. The summed E-state index contributed by atoms with van der Waals surface area (Å²) in [6.45, 7) is 3.09. The summed E-state index contributed by atoms with van der Waals surface area (Å²) in [4.78, 5) is 23.7. The average molecular weight is 427 g/mol. The zero-order valence-corrected chi connectivity index (χ0v) is 18.1. The molecule has 32 heavy (non-hydrogen) atoms. The Morgan fingerprint density at radius 2 is 2.03 bits per heavy atom. The van der Waals surface area contributed by atoms with Gasteiger partial charge in [0.2, 0.25) is 0 Å². The highest BCUT2D eigenvalue weighted by molar-refractivity contribution is 6.03. The fraction of sp³-hybridized carbons (Fsp3) is 0.280. The molecule has 1 unspecified atom stereocenters. The monoisotopic (exact) mass is 426 g/mol. The van der Waals surface area contributed by atoms with Gasteiger partial charge in [0.15, 0.2) is 11.5 Å². The summed E-state index contributed by atoms with van der Waals surface area (Å²) in [6.07, 6.45) is 9.78. The number of amides is 1. The lowest BCUT2D eigenvalue weighted by Gasteiger charge is -2.25. The Hall–Kier alpha value is -3.74. The second kappa shape index (κ2) is 8.78. The van der Waals surface area contributed by atoms with E-state index in [0.29, 0.717) is 17.0 Å². The highest BCUT2D eigenvalue weighted by Crippen LogP contribution is 2.34. The van der Waals surface area contributed by atoms with Crippen molar-refractivity contribution >= 4 is 23.2 Å². The number of fused-ring (bicyclic) bond motifs is 1. The number of rotatable bonds is 6. The molecule has 4 aromatic rings. The van der Waals surface area contributed by atoms with E-state index in [1.54, 1.807) is 16.9 Å². The summed E-state index contributed by atoms with van der Waals surface area (Å²) in [6, 6.07) is 16.0. The molecule has 0 aliphatic carbocycles. The molecule has 1 N–H and O–H groups in total. The number of carbonyl (C=O) groups is 1. The largest absolute Gasteiger partial charge is 0.348 e. The van der Waals surface area contributed by atoms with Gasteiger partial charge in [-0.1, -0.05) is 31.5 Å². The van der Waals surface area contributed by atoms with Gasteiger partial charge in [-0.15, -0.1) is 5.10 Å². The van der Waals surface area contributed by atoms with Crippen molar-refractivity contribution in [2.45, 2.75) is 38.6 Å². The molecule has 0 bridgehead atoms. The summed E-state index contributed by atoms with van der Waals surface area (Å²) in [5.41, 5.74) is 3.75. The van der Waals surface area contributed by atoms with E-state index in [9.17, 15) is 4.79 Å². The van der Waals surface area contributed by atoms with Crippen LogP contribution >= 0.6 is 0 Å². The molecule has 7 nitrogen and oxygen atoms in total. The van der Waals surface area contributed by atoms with Gasteiger partial charge in [-0.05, 0) is 60.7 Å². The van der Waals surface area contributed by atoms with Crippen LogP contribution in [0.25, 0.3) is 5.65 Å².